The predicted molar refractivity (Wildman–Crippen MR) is 79.2 cm³/mol. The van der Waals surface area contributed by atoms with Crippen LogP contribution in [0.2, 0.25) is 0 Å². The van der Waals surface area contributed by atoms with Gasteiger partial charge in [-0.25, -0.2) is 0 Å². The summed E-state index contributed by atoms with van der Waals surface area (Å²) in [6, 6.07) is 15.5. The normalized spacial score (nSPS) is 11.4. The second-order valence-corrected chi connectivity index (χ2v) is 4.94. The zero-order valence-corrected chi connectivity index (χ0v) is 10.6. The van der Waals surface area contributed by atoms with E-state index in [1.165, 1.54) is 0 Å². The van der Waals surface area contributed by atoms with Crippen molar-refractivity contribution in [2.24, 2.45) is 0 Å². The molecule has 0 saturated heterocycles. The average molecular weight is 258 g/mol. The van der Waals surface area contributed by atoms with Crippen molar-refractivity contribution in [1.29, 1.82) is 0 Å². The van der Waals surface area contributed by atoms with Crippen molar-refractivity contribution in [3.63, 3.8) is 0 Å². The lowest BCUT2D eigenvalue weighted by molar-refractivity contribution is 0.111. The topological polar surface area (TPSA) is 34.1 Å². The molecule has 0 N–H and O–H groups in total. The third-order valence-electron chi connectivity index (χ3n) is 3.97. The van der Waals surface area contributed by atoms with E-state index in [9.17, 15) is 9.59 Å². The highest BCUT2D eigenvalue weighted by Gasteiger charge is 2.25. The Morgan fingerprint density at radius 1 is 0.650 bits per heavy atom. The van der Waals surface area contributed by atoms with Crippen molar-refractivity contribution in [3.8, 4) is 22.3 Å². The Balaban J connectivity index is 2.29. The zero-order valence-electron chi connectivity index (χ0n) is 10.6. The summed E-state index contributed by atoms with van der Waals surface area (Å²) in [5.74, 6) is 0. The molecule has 3 aromatic carbocycles. The van der Waals surface area contributed by atoms with Gasteiger partial charge in [-0.05, 0) is 21.9 Å². The Morgan fingerprint density at radius 3 is 1.60 bits per heavy atom. The zero-order chi connectivity index (χ0) is 13.7. The standard InChI is InChI=1S/C18H10O2/c19-9-12-7-8-13(10-20)18-15-6-2-4-11-3-1-5-14(16(11)15)17(12)18/h1-10H. The van der Waals surface area contributed by atoms with Gasteiger partial charge in [0.1, 0.15) is 0 Å². The smallest absolute Gasteiger partial charge is 0.150 e. The van der Waals surface area contributed by atoms with Crippen LogP contribution in [0, 0.1) is 0 Å². The molecule has 1 aliphatic carbocycles. The van der Waals surface area contributed by atoms with Gasteiger partial charge in [-0.15, -0.1) is 0 Å². The molecule has 0 aliphatic heterocycles. The number of hydrogen-bond acceptors (Lipinski definition) is 2. The molecule has 0 heterocycles. The van der Waals surface area contributed by atoms with E-state index in [4.69, 9.17) is 0 Å². The molecule has 94 valence electrons. The van der Waals surface area contributed by atoms with E-state index >= 15 is 0 Å². The first-order valence-electron chi connectivity index (χ1n) is 6.45. The third-order valence-corrected chi connectivity index (χ3v) is 3.97. The van der Waals surface area contributed by atoms with E-state index in [-0.39, 0.29) is 0 Å². The van der Waals surface area contributed by atoms with Gasteiger partial charge in [-0.3, -0.25) is 9.59 Å². The molecular formula is C18H10O2. The molecule has 3 aromatic rings. The first-order chi connectivity index (χ1) is 9.85. The van der Waals surface area contributed by atoms with E-state index < -0.39 is 0 Å². The fraction of sp³-hybridized carbons (Fsp3) is 0. The highest BCUT2D eigenvalue weighted by Crippen LogP contribution is 2.49. The molecule has 0 bridgehead atoms. The molecule has 0 aromatic heterocycles. The van der Waals surface area contributed by atoms with Crippen molar-refractivity contribution in [3.05, 3.63) is 59.7 Å². The van der Waals surface area contributed by atoms with Crippen LogP contribution in [-0.2, 0) is 0 Å². The minimum Gasteiger partial charge on any atom is -0.298 e. The number of aldehydes is 2. The molecule has 2 nitrogen and oxygen atoms in total. The third kappa shape index (κ3) is 1.23. The largest absolute Gasteiger partial charge is 0.298 e. The van der Waals surface area contributed by atoms with E-state index in [0.717, 1.165) is 45.6 Å². The van der Waals surface area contributed by atoms with Gasteiger partial charge in [0.05, 0.1) is 0 Å². The van der Waals surface area contributed by atoms with Crippen molar-refractivity contribution in [2.45, 2.75) is 0 Å². The molecule has 0 unspecified atom stereocenters. The summed E-state index contributed by atoms with van der Waals surface area (Å²) in [7, 11) is 0. The maximum Gasteiger partial charge on any atom is 0.150 e. The maximum atomic E-state index is 11.3. The number of fused-ring (bicyclic) bond motifs is 3. The first-order valence-corrected chi connectivity index (χ1v) is 6.45. The second-order valence-electron chi connectivity index (χ2n) is 4.94. The summed E-state index contributed by atoms with van der Waals surface area (Å²) in [4.78, 5) is 22.7. The summed E-state index contributed by atoms with van der Waals surface area (Å²) >= 11 is 0. The summed E-state index contributed by atoms with van der Waals surface area (Å²) in [6.45, 7) is 0. The number of rotatable bonds is 2. The average Bonchev–Trinajstić information content (AvgIpc) is 2.85. The van der Waals surface area contributed by atoms with Crippen LogP contribution in [0.25, 0.3) is 33.0 Å². The molecule has 0 spiro atoms. The van der Waals surface area contributed by atoms with Crippen molar-refractivity contribution in [2.75, 3.05) is 0 Å². The lowest BCUT2D eigenvalue weighted by Gasteiger charge is -2.07. The van der Waals surface area contributed by atoms with Crippen LogP contribution < -0.4 is 0 Å². The van der Waals surface area contributed by atoms with Crippen LogP contribution in [0.3, 0.4) is 0 Å². The lowest BCUT2D eigenvalue weighted by atomic mass is 9.95. The van der Waals surface area contributed by atoms with Gasteiger partial charge in [0.25, 0.3) is 0 Å². The van der Waals surface area contributed by atoms with Crippen LogP contribution in [0.4, 0.5) is 0 Å². The molecule has 20 heavy (non-hydrogen) atoms. The number of carbonyl (C=O) groups is 2. The minimum atomic E-state index is 0.634. The molecule has 0 fully saturated rings. The van der Waals surface area contributed by atoms with Crippen molar-refractivity contribution < 1.29 is 9.59 Å². The summed E-state index contributed by atoms with van der Waals surface area (Å²) in [5, 5.41) is 2.26. The van der Waals surface area contributed by atoms with E-state index in [0.29, 0.717) is 11.1 Å². The summed E-state index contributed by atoms with van der Waals surface area (Å²) in [6.07, 6.45) is 1.72. The van der Waals surface area contributed by atoms with Crippen LogP contribution in [-0.4, -0.2) is 12.6 Å². The molecule has 0 saturated carbocycles. The van der Waals surface area contributed by atoms with Crippen molar-refractivity contribution in [1.82, 2.24) is 0 Å². The Bertz CT molecular complexity index is 822. The van der Waals surface area contributed by atoms with Crippen LogP contribution in [0.15, 0.2) is 48.5 Å². The SMILES string of the molecule is O=Cc1ccc(C=O)c2c1-c1cccc3cccc-2c13. The molecule has 0 amide bonds. The quantitative estimate of drug-likeness (QED) is 0.507. The number of hydrogen-bond donors (Lipinski definition) is 0. The predicted octanol–water partition coefficient (Wildman–Crippen LogP) is 4.11. The van der Waals surface area contributed by atoms with Crippen LogP contribution in [0.5, 0.6) is 0 Å². The van der Waals surface area contributed by atoms with E-state index in [1.807, 2.05) is 24.3 Å². The molecule has 0 atom stereocenters. The fourth-order valence-corrected chi connectivity index (χ4v) is 3.17. The Labute approximate surface area is 115 Å². The van der Waals surface area contributed by atoms with Gasteiger partial charge in [-0.2, -0.15) is 0 Å². The Morgan fingerprint density at radius 2 is 1.15 bits per heavy atom. The number of carbonyl (C=O) groups excluding carboxylic acids is 2. The van der Waals surface area contributed by atoms with E-state index in [2.05, 4.69) is 12.1 Å². The molecule has 2 heteroatoms. The van der Waals surface area contributed by atoms with Gasteiger partial charge >= 0.3 is 0 Å². The van der Waals surface area contributed by atoms with Gasteiger partial charge in [0.15, 0.2) is 12.6 Å². The van der Waals surface area contributed by atoms with Gasteiger partial charge in [0.2, 0.25) is 0 Å². The highest BCUT2D eigenvalue weighted by molar-refractivity contribution is 6.20. The molecule has 4 rings (SSSR count). The van der Waals surface area contributed by atoms with E-state index in [1.54, 1.807) is 12.1 Å². The Kier molecular flexibility index (Phi) is 2.15. The number of benzene rings is 3. The molecule has 1 aliphatic rings. The molecular weight excluding hydrogens is 248 g/mol. The van der Waals surface area contributed by atoms with Crippen molar-refractivity contribution >= 4 is 23.3 Å². The molecule has 0 radical (unpaired) electrons. The summed E-state index contributed by atoms with van der Waals surface area (Å²) in [5.41, 5.74) is 5.12. The first kappa shape index (κ1) is 11.1. The minimum absolute atomic E-state index is 0.634. The Hall–Kier alpha value is -2.74. The second kappa shape index (κ2) is 3.87. The highest BCUT2D eigenvalue weighted by atomic mass is 16.1. The monoisotopic (exact) mass is 258 g/mol. The summed E-state index contributed by atoms with van der Waals surface area (Å²) < 4.78 is 0. The van der Waals surface area contributed by atoms with Crippen LogP contribution in [0.1, 0.15) is 20.7 Å². The van der Waals surface area contributed by atoms with Crippen LogP contribution >= 0.6 is 0 Å². The van der Waals surface area contributed by atoms with Gasteiger partial charge in [0, 0.05) is 22.3 Å². The maximum absolute atomic E-state index is 11.3. The fourth-order valence-electron chi connectivity index (χ4n) is 3.17. The van der Waals surface area contributed by atoms with Gasteiger partial charge < -0.3 is 0 Å². The lowest BCUT2D eigenvalue weighted by Crippen LogP contribution is -1.92. The van der Waals surface area contributed by atoms with Gasteiger partial charge in [-0.1, -0.05) is 48.5 Å².